The van der Waals surface area contributed by atoms with Crippen LogP contribution in [0.3, 0.4) is 0 Å². The zero-order valence-corrected chi connectivity index (χ0v) is 6.60. The highest BCUT2D eigenvalue weighted by atomic mass is 16.6. The molecule has 0 amide bonds. The van der Waals surface area contributed by atoms with Crippen LogP contribution in [0, 0.1) is 5.92 Å². The van der Waals surface area contributed by atoms with Crippen molar-refractivity contribution in [3.05, 3.63) is 0 Å². The van der Waals surface area contributed by atoms with Gasteiger partial charge in [-0.15, -0.1) is 0 Å². The van der Waals surface area contributed by atoms with Gasteiger partial charge in [-0.2, -0.15) is 0 Å². The topological polar surface area (TPSA) is 101 Å². The molecule has 0 aromatic heterocycles. The molecule has 13 heavy (non-hydrogen) atoms. The fraction of sp³-hybridized carbons (Fsp3) is 0.571. The second kappa shape index (κ2) is 3.42. The first kappa shape index (κ1) is 9.50. The number of carbonyl (C=O) groups excluding carboxylic acids is 1. The molecular formula is C7H8O6. The van der Waals surface area contributed by atoms with E-state index >= 15 is 0 Å². The Kier molecular flexibility index (Phi) is 2.50. The number of carboxylic acid groups (broad SMARTS) is 2. The number of esters is 1. The highest BCUT2D eigenvalue weighted by Crippen LogP contribution is 2.25. The zero-order chi connectivity index (χ0) is 10.0. The number of aliphatic carboxylic acids is 2. The summed E-state index contributed by atoms with van der Waals surface area (Å²) >= 11 is 0. The minimum Gasteiger partial charge on any atom is -0.481 e. The number of carboxylic acids is 2. The minimum atomic E-state index is -1.30. The van der Waals surface area contributed by atoms with E-state index in [0.717, 1.165) is 0 Å². The van der Waals surface area contributed by atoms with Gasteiger partial charge in [-0.1, -0.05) is 0 Å². The van der Waals surface area contributed by atoms with E-state index in [-0.39, 0.29) is 12.8 Å². The Morgan fingerprint density at radius 1 is 1.46 bits per heavy atom. The lowest BCUT2D eigenvalue weighted by atomic mass is 9.98. The molecule has 6 nitrogen and oxygen atoms in total. The Balaban J connectivity index is 2.66. The summed E-state index contributed by atoms with van der Waals surface area (Å²) in [5.74, 6) is -3.83. The fourth-order valence-electron chi connectivity index (χ4n) is 1.26. The van der Waals surface area contributed by atoms with Crippen LogP contribution >= 0.6 is 0 Å². The van der Waals surface area contributed by atoms with Gasteiger partial charge in [0.15, 0.2) is 0 Å². The third kappa shape index (κ3) is 2.17. The Hall–Kier alpha value is -1.59. The quantitative estimate of drug-likeness (QED) is 0.578. The summed E-state index contributed by atoms with van der Waals surface area (Å²) in [7, 11) is 0. The monoisotopic (exact) mass is 188 g/mol. The molecule has 0 bridgehead atoms. The van der Waals surface area contributed by atoms with Crippen molar-refractivity contribution < 1.29 is 29.3 Å². The van der Waals surface area contributed by atoms with Crippen molar-refractivity contribution in [1.29, 1.82) is 0 Å². The molecule has 72 valence electrons. The molecule has 0 unspecified atom stereocenters. The number of carbonyl (C=O) groups is 3. The van der Waals surface area contributed by atoms with Gasteiger partial charge in [-0.3, -0.25) is 9.59 Å². The second-order valence-electron chi connectivity index (χ2n) is 2.81. The molecule has 2 atom stereocenters. The van der Waals surface area contributed by atoms with Gasteiger partial charge in [0, 0.05) is 5.92 Å². The maximum atomic E-state index is 10.7. The molecule has 0 aliphatic carbocycles. The van der Waals surface area contributed by atoms with Crippen LogP contribution in [0.2, 0.25) is 0 Å². The van der Waals surface area contributed by atoms with E-state index in [1.54, 1.807) is 0 Å². The van der Waals surface area contributed by atoms with E-state index in [9.17, 15) is 14.4 Å². The Labute approximate surface area is 73.1 Å². The van der Waals surface area contributed by atoms with Gasteiger partial charge < -0.3 is 14.9 Å². The van der Waals surface area contributed by atoms with Crippen molar-refractivity contribution in [2.24, 2.45) is 5.92 Å². The van der Waals surface area contributed by atoms with Crippen LogP contribution in [-0.2, 0) is 19.1 Å². The third-order valence-electron chi connectivity index (χ3n) is 1.80. The largest absolute Gasteiger partial charge is 0.481 e. The Morgan fingerprint density at radius 2 is 2.08 bits per heavy atom. The molecule has 0 saturated carbocycles. The standard InChI is InChI=1S/C7H8O6/c8-4(9)1-3-2-5(10)13-6(3)7(11)12/h3,6H,1-2H2,(H,8,9)(H,11,12)/t3-,6-/m0/s1. The zero-order valence-electron chi connectivity index (χ0n) is 6.60. The average Bonchev–Trinajstić information content (AvgIpc) is 2.29. The van der Waals surface area contributed by atoms with Crippen molar-refractivity contribution in [2.75, 3.05) is 0 Å². The predicted octanol–water partition coefficient (Wildman–Crippen LogP) is -0.523. The lowest BCUT2D eigenvalue weighted by Gasteiger charge is -2.09. The molecule has 0 spiro atoms. The van der Waals surface area contributed by atoms with Crippen molar-refractivity contribution in [2.45, 2.75) is 18.9 Å². The van der Waals surface area contributed by atoms with Crippen LogP contribution in [0.25, 0.3) is 0 Å². The highest BCUT2D eigenvalue weighted by molar-refractivity contribution is 5.83. The van der Waals surface area contributed by atoms with Crippen molar-refractivity contribution in [1.82, 2.24) is 0 Å². The molecule has 0 radical (unpaired) electrons. The maximum Gasteiger partial charge on any atom is 0.345 e. The number of cyclic esters (lactones) is 1. The summed E-state index contributed by atoms with van der Waals surface area (Å²) in [5, 5.41) is 16.9. The average molecular weight is 188 g/mol. The minimum absolute atomic E-state index is 0.136. The number of rotatable bonds is 3. The van der Waals surface area contributed by atoms with Gasteiger partial charge in [-0.25, -0.2) is 4.79 Å². The van der Waals surface area contributed by atoms with E-state index in [1.807, 2.05) is 0 Å². The van der Waals surface area contributed by atoms with E-state index in [4.69, 9.17) is 10.2 Å². The lowest BCUT2D eigenvalue weighted by molar-refractivity contribution is -0.158. The molecule has 0 aromatic rings. The summed E-state index contributed by atoms with van der Waals surface area (Å²) in [6.45, 7) is 0. The van der Waals surface area contributed by atoms with E-state index in [2.05, 4.69) is 4.74 Å². The van der Waals surface area contributed by atoms with Gasteiger partial charge in [0.2, 0.25) is 6.10 Å². The molecule has 1 aliphatic heterocycles. The predicted molar refractivity (Wildman–Crippen MR) is 37.9 cm³/mol. The first-order valence-electron chi connectivity index (χ1n) is 3.65. The Morgan fingerprint density at radius 3 is 2.54 bits per heavy atom. The van der Waals surface area contributed by atoms with Gasteiger partial charge in [0.25, 0.3) is 0 Å². The van der Waals surface area contributed by atoms with Crippen LogP contribution in [0.1, 0.15) is 12.8 Å². The van der Waals surface area contributed by atoms with Crippen LogP contribution in [-0.4, -0.2) is 34.2 Å². The van der Waals surface area contributed by atoms with Crippen LogP contribution in [0.4, 0.5) is 0 Å². The molecule has 1 aliphatic rings. The Bertz CT molecular complexity index is 258. The number of ether oxygens (including phenoxy) is 1. The summed E-state index contributed by atoms with van der Waals surface area (Å²) < 4.78 is 4.43. The summed E-state index contributed by atoms with van der Waals surface area (Å²) in [5.41, 5.74) is 0. The first-order chi connectivity index (χ1) is 6.00. The van der Waals surface area contributed by atoms with Crippen molar-refractivity contribution in [3.8, 4) is 0 Å². The third-order valence-corrected chi connectivity index (χ3v) is 1.80. The smallest absolute Gasteiger partial charge is 0.345 e. The van der Waals surface area contributed by atoms with Crippen molar-refractivity contribution >= 4 is 17.9 Å². The van der Waals surface area contributed by atoms with Crippen LogP contribution in [0.5, 0.6) is 0 Å². The SMILES string of the molecule is O=C(O)C[C@H]1CC(=O)O[C@@H]1C(=O)O. The van der Waals surface area contributed by atoms with E-state index in [1.165, 1.54) is 0 Å². The lowest BCUT2D eigenvalue weighted by Crippen LogP contribution is -2.27. The van der Waals surface area contributed by atoms with E-state index in [0.29, 0.717) is 0 Å². The highest BCUT2D eigenvalue weighted by Gasteiger charge is 2.40. The van der Waals surface area contributed by atoms with Crippen LogP contribution in [0.15, 0.2) is 0 Å². The molecule has 1 saturated heterocycles. The molecule has 1 rings (SSSR count). The molecule has 2 N–H and O–H groups in total. The molecule has 0 aromatic carbocycles. The maximum absolute atomic E-state index is 10.7. The summed E-state index contributed by atoms with van der Waals surface area (Å²) in [4.78, 5) is 31.4. The summed E-state index contributed by atoms with van der Waals surface area (Å²) in [6.07, 6.45) is -1.80. The molecule has 1 fully saturated rings. The van der Waals surface area contributed by atoms with Crippen molar-refractivity contribution in [3.63, 3.8) is 0 Å². The van der Waals surface area contributed by atoms with Gasteiger partial charge in [0.05, 0.1) is 12.8 Å². The second-order valence-corrected chi connectivity index (χ2v) is 2.81. The normalized spacial score (nSPS) is 26.9. The molecule has 6 heteroatoms. The summed E-state index contributed by atoms with van der Waals surface area (Å²) in [6, 6.07) is 0. The fourth-order valence-corrected chi connectivity index (χ4v) is 1.26. The molecule has 1 heterocycles. The van der Waals surface area contributed by atoms with Gasteiger partial charge in [0.1, 0.15) is 0 Å². The van der Waals surface area contributed by atoms with Gasteiger partial charge >= 0.3 is 17.9 Å². The first-order valence-corrected chi connectivity index (χ1v) is 3.65. The molecular weight excluding hydrogens is 180 g/mol. The van der Waals surface area contributed by atoms with E-state index < -0.39 is 29.9 Å². The van der Waals surface area contributed by atoms with Crippen LogP contribution < -0.4 is 0 Å². The van der Waals surface area contributed by atoms with Gasteiger partial charge in [-0.05, 0) is 0 Å². The number of hydrogen-bond acceptors (Lipinski definition) is 4. The number of hydrogen-bond donors (Lipinski definition) is 2.